The van der Waals surface area contributed by atoms with Crippen LogP contribution >= 0.6 is 0 Å². The molecular weight excluding hydrogens is 338 g/mol. The predicted octanol–water partition coefficient (Wildman–Crippen LogP) is 2.17. The Morgan fingerprint density at radius 2 is 1.76 bits per heavy atom. The molecule has 2 aromatic carbocycles. The van der Waals surface area contributed by atoms with E-state index in [2.05, 4.69) is 10.0 Å². The summed E-state index contributed by atoms with van der Waals surface area (Å²) in [5.41, 5.74) is 0.947. The fraction of sp³-hybridized carbons (Fsp3) is 0.278. The van der Waals surface area contributed by atoms with E-state index in [9.17, 15) is 13.2 Å². The molecule has 0 bridgehead atoms. The van der Waals surface area contributed by atoms with Crippen LogP contribution in [-0.2, 0) is 10.0 Å². The van der Waals surface area contributed by atoms with Crippen LogP contribution in [0.25, 0.3) is 0 Å². The number of para-hydroxylation sites is 1. The van der Waals surface area contributed by atoms with Crippen LogP contribution in [0.4, 0.5) is 5.69 Å². The van der Waals surface area contributed by atoms with Gasteiger partial charge >= 0.3 is 0 Å². The molecule has 0 unspecified atom stereocenters. The molecule has 134 valence electrons. The summed E-state index contributed by atoms with van der Waals surface area (Å²) in [5.74, 6) is -0.351. The van der Waals surface area contributed by atoms with E-state index in [0.29, 0.717) is 24.2 Å². The SMILES string of the molecule is CN(C)CCCNS(=O)(=O)c1cccc(C(=O)Nc2ccccc2)c1. The first-order valence-corrected chi connectivity index (χ1v) is 9.48. The van der Waals surface area contributed by atoms with Crippen molar-refractivity contribution in [2.75, 3.05) is 32.5 Å². The average Bonchev–Trinajstić information content (AvgIpc) is 2.59. The van der Waals surface area contributed by atoms with Crippen molar-refractivity contribution in [3.05, 3.63) is 60.2 Å². The fourth-order valence-electron chi connectivity index (χ4n) is 2.21. The lowest BCUT2D eigenvalue weighted by molar-refractivity contribution is 0.102. The fourth-order valence-corrected chi connectivity index (χ4v) is 3.33. The van der Waals surface area contributed by atoms with Gasteiger partial charge in [0.05, 0.1) is 4.90 Å². The number of hydrogen-bond acceptors (Lipinski definition) is 4. The largest absolute Gasteiger partial charge is 0.322 e. The molecular formula is C18H23N3O3S. The van der Waals surface area contributed by atoms with Gasteiger partial charge in [0, 0.05) is 17.8 Å². The Morgan fingerprint density at radius 3 is 2.44 bits per heavy atom. The average molecular weight is 361 g/mol. The molecule has 0 atom stereocenters. The zero-order valence-electron chi connectivity index (χ0n) is 14.4. The number of nitrogens with zero attached hydrogens (tertiary/aromatic N) is 1. The lowest BCUT2D eigenvalue weighted by Gasteiger charge is -2.11. The van der Waals surface area contributed by atoms with E-state index in [1.807, 2.05) is 37.2 Å². The zero-order chi connectivity index (χ0) is 18.3. The van der Waals surface area contributed by atoms with Crippen LogP contribution in [0.15, 0.2) is 59.5 Å². The monoisotopic (exact) mass is 361 g/mol. The van der Waals surface area contributed by atoms with Crippen LogP contribution in [0.5, 0.6) is 0 Å². The van der Waals surface area contributed by atoms with Gasteiger partial charge in [-0.3, -0.25) is 4.79 Å². The topological polar surface area (TPSA) is 78.5 Å². The first-order chi connectivity index (χ1) is 11.9. The minimum absolute atomic E-state index is 0.0815. The summed E-state index contributed by atoms with van der Waals surface area (Å²) in [6.45, 7) is 1.14. The molecule has 0 spiro atoms. The highest BCUT2D eigenvalue weighted by Crippen LogP contribution is 2.14. The van der Waals surface area contributed by atoms with Crippen LogP contribution in [-0.4, -0.2) is 46.4 Å². The van der Waals surface area contributed by atoms with Crippen molar-refractivity contribution in [2.45, 2.75) is 11.3 Å². The van der Waals surface area contributed by atoms with Crippen LogP contribution in [0, 0.1) is 0 Å². The number of sulfonamides is 1. The van der Waals surface area contributed by atoms with E-state index in [-0.39, 0.29) is 10.8 Å². The molecule has 0 aromatic heterocycles. The van der Waals surface area contributed by atoms with Crippen LogP contribution in [0.2, 0.25) is 0 Å². The van der Waals surface area contributed by atoms with E-state index in [1.54, 1.807) is 24.3 Å². The van der Waals surface area contributed by atoms with Crippen molar-refractivity contribution in [3.8, 4) is 0 Å². The molecule has 25 heavy (non-hydrogen) atoms. The van der Waals surface area contributed by atoms with Crippen LogP contribution in [0.3, 0.4) is 0 Å². The van der Waals surface area contributed by atoms with E-state index < -0.39 is 10.0 Å². The molecule has 0 radical (unpaired) electrons. The second-order valence-electron chi connectivity index (χ2n) is 5.90. The van der Waals surface area contributed by atoms with Crippen molar-refractivity contribution in [3.63, 3.8) is 0 Å². The van der Waals surface area contributed by atoms with Gasteiger partial charge in [-0.1, -0.05) is 24.3 Å². The molecule has 0 fully saturated rings. The van der Waals surface area contributed by atoms with E-state index in [4.69, 9.17) is 0 Å². The third-order valence-corrected chi connectivity index (χ3v) is 4.97. The van der Waals surface area contributed by atoms with Crippen molar-refractivity contribution < 1.29 is 13.2 Å². The maximum atomic E-state index is 12.4. The Bertz CT molecular complexity index is 805. The summed E-state index contributed by atoms with van der Waals surface area (Å²) in [7, 11) is 0.232. The van der Waals surface area contributed by atoms with Crippen molar-refractivity contribution in [1.29, 1.82) is 0 Å². The minimum atomic E-state index is -3.64. The maximum absolute atomic E-state index is 12.4. The molecule has 0 saturated heterocycles. The smallest absolute Gasteiger partial charge is 0.255 e. The standard InChI is InChI=1S/C18H23N3O3S/c1-21(2)13-7-12-19-25(23,24)17-11-6-8-15(14-17)18(22)20-16-9-4-3-5-10-16/h3-6,8-11,14,19H,7,12-13H2,1-2H3,(H,20,22). The molecule has 1 amide bonds. The van der Waals surface area contributed by atoms with Gasteiger partial charge in [0.25, 0.3) is 5.91 Å². The quantitative estimate of drug-likeness (QED) is 0.707. The molecule has 2 aromatic rings. The number of anilines is 1. The molecule has 0 aliphatic heterocycles. The highest BCUT2D eigenvalue weighted by atomic mass is 32.2. The Kier molecular flexibility index (Phi) is 6.69. The first-order valence-electron chi connectivity index (χ1n) is 7.99. The molecule has 6 nitrogen and oxygen atoms in total. The number of nitrogens with one attached hydrogen (secondary N) is 2. The highest BCUT2D eigenvalue weighted by molar-refractivity contribution is 7.89. The van der Waals surface area contributed by atoms with Gasteiger partial charge in [0.1, 0.15) is 0 Å². The molecule has 0 aliphatic carbocycles. The number of rotatable bonds is 8. The van der Waals surface area contributed by atoms with Gasteiger partial charge in [-0.05, 0) is 57.4 Å². The van der Waals surface area contributed by atoms with Gasteiger partial charge in [-0.25, -0.2) is 13.1 Å². The van der Waals surface area contributed by atoms with E-state index in [0.717, 1.165) is 6.54 Å². The number of carbonyl (C=O) groups is 1. The van der Waals surface area contributed by atoms with Gasteiger partial charge in [0.15, 0.2) is 0 Å². The number of amides is 1. The lowest BCUT2D eigenvalue weighted by atomic mass is 10.2. The zero-order valence-corrected chi connectivity index (χ0v) is 15.2. The second-order valence-corrected chi connectivity index (χ2v) is 7.67. The minimum Gasteiger partial charge on any atom is -0.322 e. The highest BCUT2D eigenvalue weighted by Gasteiger charge is 2.16. The second kappa shape index (κ2) is 8.75. The molecule has 2 rings (SSSR count). The van der Waals surface area contributed by atoms with Crippen molar-refractivity contribution >= 4 is 21.6 Å². The summed E-state index contributed by atoms with van der Waals surface area (Å²) in [6, 6.07) is 15.0. The molecule has 0 heterocycles. The Morgan fingerprint density at radius 1 is 1.04 bits per heavy atom. The molecule has 0 aliphatic rings. The van der Waals surface area contributed by atoms with Gasteiger partial charge in [-0.2, -0.15) is 0 Å². The maximum Gasteiger partial charge on any atom is 0.255 e. The number of benzene rings is 2. The van der Waals surface area contributed by atoms with Gasteiger partial charge in [0.2, 0.25) is 10.0 Å². The number of carbonyl (C=O) groups excluding carboxylic acids is 1. The molecule has 0 saturated carbocycles. The third-order valence-electron chi connectivity index (χ3n) is 3.51. The third kappa shape index (κ3) is 5.97. The Labute approximate surface area is 148 Å². The van der Waals surface area contributed by atoms with Gasteiger partial charge < -0.3 is 10.2 Å². The summed E-state index contributed by atoms with van der Waals surface area (Å²) in [6.07, 6.45) is 0.709. The Hall–Kier alpha value is -2.22. The normalized spacial score (nSPS) is 11.5. The van der Waals surface area contributed by atoms with Crippen molar-refractivity contribution in [1.82, 2.24) is 9.62 Å². The summed E-state index contributed by atoms with van der Waals surface area (Å²) < 4.78 is 27.3. The molecule has 7 heteroatoms. The number of hydrogen-bond donors (Lipinski definition) is 2. The van der Waals surface area contributed by atoms with Crippen LogP contribution in [0.1, 0.15) is 16.8 Å². The van der Waals surface area contributed by atoms with Crippen molar-refractivity contribution in [2.24, 2.45) is 0 Å². The summed E-state index contributed by atoms with van der Waals surface area (Å²) >= 11 is 0. The van der Waals surface area contributed by atoms with E-state index in [1.165, 1.54) is 12.1 Å². The van der Waals surface area contributed by atoms with Crippen LogP contribution < -0.4 is 10.0 Å². The Balaban J connectivity index is 2.05. The summed E-state index contributed by atoms with van der Waals surface area (Å²) in [5, 5.41) is 2.74. The molecule has 2 N–H and O–H groups in total. The lowest BCUT2D eigenvalue weighted by Crippen LogP contribution is -2.27. The predicted molar refractivity (Wildman–Crippen MR) is 99.2 cm³/mol. The van der Waals surface area contributed by atoms with Gasteiger partial charge in [-0.15, -0.1) is 0 Å². The summed E-state index contributed by atoms with van der Waals surface area (Å²) in [4.78, 5) is 14.4. The first kappa shape index (κ1) is 19.1. The van der Waals surface area contributed by atoms with E-state index >= 15 is 0 Å².